The minimum atomic E-state index is -3.28. The second-order valence-electron chi connectivity index (χ2n) is 4.33. The molecule has 0 saturated carbocycles. The molecule has 6 nitrogen and oxygen atoms in total. The summed E-state index contributed by atoms with van der Waals surface area (Å²) in [4.78, 5) is 15.8. The van der Waals surface area contributed by atoms with Gasteiger partial charge in [0.25, 0.3) is 0 Å². The fourth-order valence-corrected chi connectivity index (χ4v) is 2.07. The molecule has 0 bridgehead atoms. The van der Waals surface area contributed by atoms with E-state index in [2.05, 4.69) is 11.8 Å². The van der Waals surface area contributed by atoms with E-state index in [-0.39, 0.29) is 12.5 Å². The Hall–Kier alpha value is -0.660. The van der Waals surface area contributed by atoms with E-state index in [0.29, 0.717) is 13.1 Å². The van der Waals surface area contributed by atoms with E-state index in [4.69, 9.17) is 0 Å². The molecule has 7 heteroatoms. The van der Waals surface area contributed by atoms with Gasteiger partial charge in [0.2, 0.25) is 15.9 Å². The Morgan fingerprint density at radius 2 is 1.76 bits per heavy atom. The summed E-state index contributed by atoms with van der Waals surface area (Å²) in [5, 5.41) is 0. The van der Waals surface area contributed by atoms with E-state index in [1.54, 1.807) is 4.90 Å². The largest absolute Gasteiger partial charge is 0.339 e. The van der Waals surface area contributed by atoms with Crippen molar-refractivity contribution in [3.05, 3.63) is 0 Å². The average Bonchev–Trinajstić information content (AvgIpc) is 2.27. The summed E-state index contributed by atoms with van der Waals surface area (Å²) >= 11 is 0. The highest BCUT2D eigenvalue weighted by atomic mass is 32.2. The number of amides is 1. The lowest BCUT2D eigenvalue weighted by molar-refractivity contribution is -0.132. The van der Waals surface area contributed by atoms with Crippen molar-refractivity contribution >= 4 is 15.9 Å². The number of carbonyl (C=O) groups is 1. The van der Waals surface area contributed by atoms with Crippen molar-refractivity contribution in [1.82, 2.24) is 14.1 Å². The van der Waals surface area contributed by atoms with Crippen LogP contribution in [0.2, 0.25) is 0 Å². The zero-order chi connectivity index (χ0) is 13.1. The van der Waals surface area contributed by atoms with Crippen LogP contribution in [0.1, 0.15) is 6.92 Å². The van der Waals surface area contributed by atoms with Crippen LogP contribution in [-0.2, 0) is 14.8 Å². The minimum Gasteiger partial charge on any atom is -0.339 e. The van der Waals surface area contributed by atoms with Gasteiger partial charge in [-0.25, -0.2) is 8.42 Å². The van der Waals surface area contributed by atoms with Gasteiger partial charge in [-0.1, -0.05) is 6.92 Å². The number of likely N-dealkylation sites (N-methyl/N-ethyl adjacent to an activating group) is 2. The Morgan fingerprint density at radius 3 is 2.18 bits per heavy atom. The summed E-state index contributed by atoms with van der Waals surface area (Å²) in [6, 6.07) is 0. The SMILES string of the molecule is CCN1CCN(C(=O)CN(C)S(C)(=O)=O)CC1. The van der Waals surface area contributed by atoms with E-state index < -0.39 is 10.0 Å². The van der Waals surface area contributed by atoms with Crippen molar-refractivity contribution in [1.29, 1.82) is 0 Å². The fraction of sp³-hybridized carbons (Fsp3) is 0.900. The van der Waals surface area contributed by atoms with Gasteiger partial charge in [-0.2, -0.15) is 4.31 Å². The van der Waals surface area contributed by atoms with Gasteiger partial charge in [0.1, 0.15) is 0 Å². The second kappa shape index (κ2) is 5.79. The Kier molecular flexibility index (Phi) is 4.91. The maximum absolute atomic E-state index is 11.9. The molecule has 0 radical (unpaired) electrons. The Bertz CT molecular complexity index is 361. The zero-order valence-electron chi connectivity index (χ0n) is 10.7. The molecule has 0 aromatic carbocycles. The van der Waals surface area contributed by atoms with Gasteiger partial charge in [-0.15, -0.1) is 0 Å². The van der Waals surface area contributed by atoms with Crippen LogP contribution in [0.3, 0.4) is 0 Å². The van der Waals surface area contributed by atoms with Gasteiger partial charge < -0.3 is 9.80 Å². The predicted octanol–water partition coefficient (Wildman–Crippen LogP) is -0.958. The van der Waals surface area contributed by atoms with Crippen LogP contribution in [0, 0.1) is 0 Å². The molecular formula is C10H21N3O3S. The molecule has 0 spiro atoms. The molecule has 1 saturated heterocycles. The first kappa shape index (κ1) is 14.4. The van der Waals surface area contributed by atoms with Crippen LogP contribution in [0.4, 0.5) is 0 Å². The van der Waals surface area contributed by atoms with Crippen LogP contribution < -0.4 is 0 Å². The molecule has 0 unspecified atom stereocenters. The van der Waals surface area contributed by atoms with Crippen LogP contribution in [0.25, 0.3) is 0 Å². The standard InChI is InChI=1S/C10H21N3O3S/c1-4-12-5-7-13(8-6-12)10(14)9-11(2)17(3,15)16/h4-9H2,1-3H3. The summed E-state index contributed by atoms with van der Waals surface area (Å²) in [5.74, 6) is -0.117. The smallest absolute Gasteiger partial charge is 0.237 e. The third-order valence-electron chi connectivity index (χ3n) is 3.10. The first-order valence-corrected chi connectivity index (χ1v) is 7.61. The molecule has 1 fully saturated rings. The van der Waals surface area contributed by atoms with E-state index in [1.165, 1.54) is 7.05 Å². The molecule has 1 aliphatic rings. The molecule has 0 aromatic heterocycles. The predicted molar refractivity (Wildman–Crippen MR) is 66.2 cm³/mol. The lowest BCUT2D eigenvalue weighted by Gasteiger charge is -2.34. The first-order chi connectivity index (χ1) is 7.84. The number of sulfonamides is 1. The van der Waals surface area contributed by atoms with Crippen molar-refractivity contribution in [3.63, 3.8) is 0 Å². The Balaban J connectivity index is 2.45. The van der Waals surface area contributed by atoms with Gasteiger partial charge in [-0.05, 0) is 6.54 Å². The van der Waals surface area contributed by atoms with E-state index in [0.717, 1.165) is 30.2 Å². The molecular weight excluding hydrogens is 242 g/mol. The number of piperazine rings is 1. The first-order valence-electron chi connectivity index (χ1n) is 5.76. The van der Waals surface area contributed by atoms with Crippen LogP contribution >= 0.6 is 0 Å². The van der Waals surface area contributed by atoms with Crippen molar-refractivity contribution < 1.29 is 13.2 Å². The minimum absolute atomic E-state index is 0.0645. The molecule has 0 N–H and O–H groups in total. The van der Waals surface area contributed by atoms with Gasteiger partial charge in [0, 0.05) is 33.2 Å². The highest BCUT2D eigenvalue weighted by Gasteiger charge is 2.23. The highest BCUT2D eigenvalue weighted by molar-refractivity contribution is 7.88. The Labute approximate surface area is 103 Å². The monoisotopic (exact) mass is 263 g/mol. The molecule has 1 heterocycles. The zero-order valence-corrected chi connectivity index (χ0v) is 11.5. The second-order valence-corrected chi connectivity index (χ2v) is 6.42. The normalized spacial score (nSPS) is 18.7. The summed E-state index contributed by atoms with van der Waals surface area (Å²) in [6.07, 6.45) is 1.11. The summed E-state index contributed by atoms with van der Waals surface area (Å²) in [6.45, 7) is 6.12. The fourth-order valence-electron chi connectivity index (χ4n) is 1.72. The van der Waals surface area contributed by atoms with Crippen molar-refractivity contribution in [2.75, 3.05) is 52.6 Å². The van der Waals surface area contributed by atoms with Crippen LogP contribution in [-0.4, -0.2) is 81.0 Å². The lowest BCUT2D eigenvalue weighted by Crippen LogP contribution is -2.51. The maximum atomic E-state index is 11.9. The summed E-state index contributed by atoms with van der Waals surface area (Å²) < 4.78 is 23.5. The van der Waals surface area contributed by atoms with E-state index in [9.17, 15) is 13.2 Å². The van der Waals surface area contributed by atoms with Gasteiger partial charge >= 0.3 is 0 Å². The number of nitrogens with zero attached hydrogens (tertiary/aromatic N) is 3. The lowest BCUT2D eigenvalue weighted by atomic mass is 10.3. The number of hydrogen-bond acceptors (Lipinski definition) is 4. The van der Waals surface area contributed by atoms with Crippen LogP contribution in [0.5, 0.6) is 0 Å². The summed E-state index contributed by atoms with van der Waals surface area (Å²) in [7, 11) is -1.85. The molecule has 0 aliphatic carbocycles. The van der Waals surface area contributed by atoms with Crippen LogP contribution in [0.15, 0.2) is 0 Å². The maximum Gasteiger partial charge on any atom is 0.237 e. The van der Waals surface area contributed by atoms with Gasteiger partial charge in [0.15, 0.2) is 0 Å². The highest BCUT2D eigenvalue weighted by Crippen LogP contribution is 2.03. The van der Waals surface area contributed by atoms with Crippen molar-refractivity contribution in [2.45, 2.75) is 6.92 Å². The molecule has 0 atom stereocenters. The molecule has 1 aliphatic heterocycles. The van der Waals surface area contributed by atoms with Crippen molar-refractivity contribution in [3.8, 4) is 0 Å². The third kappa shape index (κ3) is 4.25. The molecule has 17 heavy (non-hydrogen) atoms. The molecule has 1 amide bonds. The topological polar surface area (TPSA) is 60.9 Å². The van der Waals surface area contributed by atoms with Crippen molar-refractivity contribution in [2.24, 2.45) is 0 Å². The Morgan fingerprint density at radius 1 is 1.24 bits per heavy atom. The number of rotatable bonds is 4. The number of hydrogen-bond donors (Lipinski definition) is 0. The van der Waals surface area contributed by atoms with Gasteiger partial charge in [0.05, 0.1) is 12.8 Å². The van der Waals surface area contributed by atoms with E-state index in [1.807, 2.05) is 0 Å². The number of carbonyl (C=O) groups excluding carboxylic acids is 1. The molecule has 100 valence electrons. The summed E-state index contributed by atoms with van der Waals surface area (Å²) in [5.41, 5.74) is 0. The third-order valence-corrected chi connectivity index (χ3v) is 4.36. The molecule has 0 aromatic rings. The van der Waals surface area contributed by atoms with E-state index >= 15 is 0 Å². The average molecular weight is 263 g/mol. The van der Waals surface area contributed by atoms with Gasteiger partial charge in [-0.3, -0.25) is 4.79 Å². The molecule has 1 rings (SSSR count). The quantitative estimate of drug-likeness (QED) is 0.655.